The minimum Gasteiger partial charge on any atom is -0.391 e. The third kappa shape index (κ3) is 6.25. The van der Waals surface area contributed by atoms with Gasteiger partial charge in [0.2, 0.25) is 0 Å². The number of aliphatic hydroxyl groups is 1. The number of imidazole rings is 1. The minimum absolute atomic E-state index is 0.0586. The van der Waals surface area contributed by atoms with Crippen molar-refractivity contribution in [1.29, 1.82) is 0 Å². The lowest BCUT2D eigenvalue weighted by Crippen LogP contribution is -2.47. The molecule has 0 saturated carbocycles. The van der Waals surface area contributed by atoms with Gasteiger partial charge < -0.3 is 15.3 Å². The predicted molar refractivity (Wildman–Crippen MR) is 192 cm³/mol. The lowest BCUT2D eigenvalue weighted by Gasteiger charge is -2.34. The lowest BCUT2D eigenvalue weighted by molar-refractivity contribution is 0.0610. The van der Waals surface area contributed by atoms with Crippen molar-refractivity contribution in [3.05, 3.63) is 128 Å². The zero-order valence-corrected chi connectivity index (χ0v) is 29.3. The van der Waals surface area contributed by atoms with E-state index >= 15 is 0 Å². The molecular weight excluding hydrogens is 700 g/mol. The molecule has 0 radical (unpaired) electrons. The maximum absolute atomic E-state index is 14.4. The summed E-state index contributed by atoms with van der Waals surface area (Å²) in [6.45, 7) is 6.25. The number of amides is 2. The van der Waals surface area contributed by atoms with Gasteiger partial charge in [0.15, 0.2) is 5.82 Å². The molecule has 2 amide bonds. The highest BCUT2D eigenvalue weighted by Gasteiger charge is 2.35. The van der Waals surface area contributed by atoms with E-state index in [2.05, 4.69) is 36.3 Å². The number of carbonyl (C=O) groups excluding carboxylic acids is 2. The third-order valence-corrected chi connectivity index (χ3v) is 9.82. The molecule has 3 aromatic heterocycles. The average Bonchev–Trinajstić information content (AvgIpc) is 3.64. The summed E-state index contributed by atoms with van der Waals surface area (Å²) in [5, 5.41) is 18.2. The van der Waals surface area contributed by atoms with Crippen LogP contribution in [0.2, 0.25) is 0 Å². The van der Waals surface area contributed by atoms with Crippen LogP contribution in [0.5, 0.6) is 0 Å². The van der Waals surface area contributed by atoms with Crippen LogP contribution >= 0.6 is 15.9 Å². The Balaban J connectivity index is 1.30. The highest BCUT2D eigenvalue weighted by atomic mass is 79.9. The summed E-state index contributed by atoms with van der Waals surface area (Å²) in [6, 6.07) is 19.8. The standard InChI is InChI=1S/C37H35BrN8O4/c1-22-15-25(9-11-30(22)38)36(49)44-21-32-33(35(48)41-17-26-7-4-5-8-29(26)34-39-13-6-14-40-34)46(37(50)45(32)18-23(44)2)28-10-12-31-27(16-28)20-43(42-31)19-24(3)47/h4-16,20,23-24,47H,17-19,21H2,1-3H3,(H,41,48)/t23-,24+/m0/s1. The molecular formula is C37H35BrN8O4. The van der Waals surface area contributed by atoms with Crippen molar-refractivity contribution in [2.45, 2.75) is 59.1 Å². The minimum atomic E-state index is -0.590. The summed E-state index contributed by atoms with van der Waals surface area (Å²) in [4.78, 5) is 53.1. The number of aliphatic hydroxyl groups excluding tert-OH is 1. The number of carbonyl (C=O) groups is 2. The van der Waals surface area contributed by atoms with Crippen LogP contribution in [0.3, 0.4) is 0 Å². The van der Waals surface area contributed by atoms with E-state index in [4.69, 9.17) is 0 Å². The van der Waals surface area contributed by atoms with E-state index in [1.54, 1.807) is 63.9 Å². The van der Waals surface area contributed by atoms with Crippen LogP contribution in [0.1, 0.15) is 51.5 Å². The maximum Gasteiger partial charge on any atom is 0.333 e. The first-order valence-corrected chi connectivity index (χ1v) is 17.1. The number of hydrogen-bond donors (Lipinski definition) is 2. The summed E-state index contributed by atoms with van der Waals surface area (Å²) in [5.74, 6) is -0.119. The molecule has 4 heterocycles. The Morgan fingerprint density at radius 3 is 2.60 bits per heavy atom. The molecule has 1 aliphatic heterocycles. The zero-order valence-electron chi connectivity index (χ0n) is 27.7. The topological polar surface area (TPSA) is 140 Å². The normalized spacial score (nSPS) is 14.8. The van der Waals surface area contributed by atoms with E-state index in [1.165, 1.54) is 4.57 Å². The Morgan fingerprint density at radius 1 is 1.06 bits per heavy atom. The fourth-order valence-corrected chi connectivity index (χ4v) is 6.71. The van der Waals surface area contributed by atoms with Crippen molar-refractivity contribution in [3.8, 4) is 17.1 Å². The van der Waals surface area contributed by atoms with Crippen molar-refractivity contribution in [1.82, 2.24) is 39.1 Å². The smallest absolute Gasteiger partial charge is 0.333 e. The molecule has 50 heavy (non-hydrogen) atoms. The molecule has 2 N–H and O–H groups in total. The van der Waals surface area contributed by atoms with Crippen molar-refractivity contribution in [2.24, 2.45) is 0 Å². The van der Waals surface area contributed by atoms with Crippen LogP contribution in [0.25, 0.3) is 28.0 Å². The van der Waals surface area contributed by atoms with Crippen LogP contribution in [-0.2, 0) is 26.2 Å². The van der Waals surface area contributed by atoms with E-state index < -0.39 is 12.0 Å². The van der Waals surface area contributed by atoms with Crippen LogP contribution in [0.15, 0.2) is 94.6 Å². The molecule has 2 atom stereocenters. The molecule has 0 bridgehead atoms. The fourth-order valence-electron chi connectivity index (χ4n) is 6.46. The molecule has 13 heteroatoms. The number of halogens is 1. The average molecular weight is 736 g/mol. The van der Waals surface area contributed by atoms with Gasteiger partial charge >= 0.3 is 5.69 Å². The van der Waals surface area contributed by atoms with Crippen molar-refractivity contribution >= 4 is 38.6 Å². The van der Waals surface area contributed by atoms with Gasteiger partial charge in [-0.2, -0.15) is 5.10 Å². The summed E-state index contributed by atoms with van der Waals surface area (Å²) < 4.78 is 5.58. The zero-order chi connectivity index (χ0) is 35.1. The number of rotatable bonds is 8. The molecule has 3 aromatic carbocycles. The van der Waals surface area contributed by atoms with Gasteiger partial charge in [-0.05, 0) is 74.4 Å². The van der Waals surface area contributed by atoms with Crippen LogP contribution in [0.4, 0.5) is 0 Å². The van der Waals surface area contributed by atoms with Gasteiger partial charge in [0.25, 0.3) is 11.8 Å². The van der Waals surface area contributed by atoms with E-state index in [0.717, 1.165) is 26.5 Å². The molecule has 0 fully saturated rings. The van der Waals surface area contributed by atoms with Gasteiger partial charge in [0.1, 0.15) is 5.69 Å². The third-order valence-electron chi connectivity index (χ3n) is 8.93. The van der Waals surface area contributed by atoms with Crippen LogP contribution < -0.4 is 11.0 Å². The first-order valence-electron chi connectivity index (χ1n) is 16.3. The number of aromatic nitrogens is 6. The van der Waals surface area contributed by atoms with Crippen molar-refractivity contribution < 1.29 is 14.7 Å². The summed E-state index contributed by atoms with van der Waals surface area (Å²) in [6.07, 6.45) is 4.54. The summed E-state index contributed by atoms with van der Waals surface area (Å²) in [5.41, 5.74) is 4.42. The van der Waals surface area contributed by atoms with Gasteiger partial charge in [-0.3, -0.25) is 23.4 Å². The Kier molecular flexibility index (Phi) is 8.93. The molecule has 12 nitrogen and oxygen atoms in total. The maximum atomic E-state index is 14.4. The first-order chi connectivity index (χ1) is 24.1. The largest absolute Gasteiger partial charge is 0.391 e. The van der Waals surface area contributed by atoms with E-state index in [1.807, 2.05) is 56.3 Å². The second kappa shape index (κ2) is 13.5. The van der Waals surface area contributed by atoms with E-state index in [-0.39, 0.29) is 43.0 Å². The Hall–Kier alpha value is -5.40. The Morgan fingerprint density at radius 2 is 1.84 bits per heavy atom. The molecule has 0 spiro atoms. The predicted octanol–water partition coefficient (Wildman–Crippen LogP) is 4.87. The second-order valence-electron chi connectivity index (χ2n) is 12.6. The highest BCUT2D eigenvalue weighted by molar-refractivity contribution is 9.10. The van der Waals surface area contributed by atoms with Crippen LogP contribution in [-0.4, -0.2) is 62.8 Å². The van der Waals surface area contributed by atoms with Gasteiger partial charge in [-0.15, -0.1) is 0 Å². The van der Waals surface area contributed by atoms with Gasteiger partial charge in [-0.1, -0.05) is 40.2 Å². The molecule has 0 saturated heterocycles. The fraction of sp³-hybridized carbons (Fsp3) is 0.243. The van der Waals surface area contributed by atoms with Crippen molar-refractivity contribution in [3.63, 3.8) is 0 Å². The SMILES string of the molecule is Cc1cc(C(=O)N2Cc3c(C(=O)NCc4ccccc4-c4ncccn4)n(-c4ccc5nn(C[C@@H](C)O)cc5c4)c(=O)n3C[C@@H]2C)ccc1Br. The van der Waals surface area contributed by atoms with Crippen LogP contribution in [0, 0.1) is 6.92 Å². The summed E-state index contributed by atoms with van der Waals surface area (Å²) in [7, 11) is 0. The number of fused-ring (bicyclic) bond motifs is 2. The Bertz CT molecular complexity index is 2310. The van der Waals surface area contributed by atoms with Crippen molar-refractivity contribution in [2.75, 3.05) is 0 Å². The molecule has 0 unspecified atom stereocenters. The Labute approximate surface area is 296 Å². The highest BCUT2D eigenvalue weighted by Crippen LogP contribution is 2.27. The molecule has 6 aromatic rings. The summed E-state index contributed by atoms with van der Waals surface area (Å²) >= 11 is 3.51. The van der Waals surface area contributed by atoms with E-state index in [0.29, 0.717) is 34.8 Å². The monoisotopic (exact) mass is 734 g/mol. The molecule has 254 valence electrons. The molecule has 0 aliphatic carbocycles. The molecule has 7 rings (SSSR count). The number of benzene rings is 3. The van der Waals surface area contributed by atoms with E-state index in [9.17, 15) is 19.5 Å². The van der Waals surface area contributed by atoms with Gasteiger partial charge in [0, 0.05) is 58.7 Å². The first kappa shape index (κ1) is 33.1. The quantitative estimate of drug-likeness (QED) is 0.227. The van der Waals surface area contributed by atoms with Gasteiger partial charge in [-0.25, -0.2) is 14.8 Å². The number of nitrogens with one attached hydrogen (secondary N) is 1. The van der Waals surface area contributed by atoms with Gasteiger partial charge in [0.05, 0.1) is 36.1 Å². The number of hydrogen-bond acceptors (Lipinski definition) is 7. The molecule has 1 aliphatic rings. The lowest BCUT2D eigenvalue weighted by atomic mass is 10.1. The number of aryl methyl sites for hydroxylation is 1. The number of nitrogens with zero attached hydrogens (tertiary/aromatic N) is 7. The second-order valence-corrected chi connectivity index (χ2v) is 13.5.